The van der Waals surface area contributed by atoms with E-state index in [4.69, 9.17) is 0 Å². The molecule has 1 saturated carbocycles. The smallest absolute Gasteiger partial charge is 0.0693 e. The van der Waals surface area contributed by atoms with Gasteiger partial charge in [0.1, 0.15) is 0 Å². The summed E-state index contributed by atoms with van der Waals surface area (Å²) in [5.74, 6) is 1.15. The highest BCUT2D eigenvalue weighted by atomic mass is 32.2. The number of hydrogen-bond donors (Lipinski definition) is 2. The highest BCUT2D eigenvalue weighted by Gasteiger charge is 2.26. The van der Waals surface area contributed by atoms with Crippen molar-refractivity contribution in [2.75, 3.05) is 12.0 Å². The molecule has 3 heteroatoms. The lowest BCUT2D eigenvalue weighted by atomic mass is 10.1. The molecule has 1 fully saturated rings. The van der Waals surface area contributed by atoms with Gasteiger partial charge in [-0.25, -0.2) is 0 Å². The van der Waals surface area contributed by atoms with Gasteiger partial charge in [-0.2, -0.15) is 11.8 Å². The molecule has 1 aliphatic carbocycles. The quantitative estimate of drug-likeness (QED) is 0.712. The SMILES string of the molecule is CCC(CSC)N[C@@H]1CCC[C@H]1O. The zero-order valence-corrected chi connectivity index (χ0v) is 9.44. The van der Waals surface area contributed by atoms with Crippen molar-refractivity contribution in [3.8, 4) is 0 Å². The molecule has 0 aliphatic heterocycles. The maximum Gasteiger partial charge on any atom is 0.0693 e. The Kier molecular flexibility index (Phi) is 5.14. The van der Waals surface area contributed by atoms with Crippen LogP contribution >= 0.6 is 11.8 Å². The predicted octanol–water partition coefficient (Wildman–Crippen LogP) is 1.63. The van der Waals surface area contributed by atoms with Crippen molar-refractivity contribution in [2.45, 2.75) is 50.8 Å². The molecule has 0 saturated heterocycles. The summed E-state index contributed by atoms with van der Waals surface area (Å²) in [7, 11) is 0. The van der Waals surface area contributed by atoms with E-state index in [0.717, 1.165) is 25.0 Å². The molecule has 0 radical (unpaired) electrons. The van der Waals surface area contributed by atoms with E-state index in [2.05, 4.69) is 18.5 Å². The van der Waals surface area contributed by atoms with Crippen molar-refractivity contribution in [3.63, 3.8) is 0 Å². The van der Waals surface area contributed by atoms with E-state index < -0.39 is 0 Å². The van der Waals surface area contributed by atoms with Gasteiger partial charge >= 0.3 is 0 Å². The zero-order valence-electron chi connectivity index (χ0n) is 8.62. The maximum absolute atomic E-state index is 9.63. The lowest BCUT2D eigenvalue weighted by molar-refractivity contribution is 0.144. The zero-order chi connectivity index (χ0) is 9.68. The van der Waals surface area contributed by atoms with Crippen LogP contribution in [-0.2, 0) is 0 Å². The molecule has 1 aliphatic rings. The number of nitrogens with one attached hydrogen (secondary N) is 1. The Labute approximate surface area is 85.5 Å². The van der Waals surface area contributed by atoms with Crippen LogP contribution in [0, 0.1) is 0 Å². The van der Waals surface area contributed by atoms with Gasteiger partial charge in [-0.05, 0) is 31.9 Å². The lowest BCUT2D eigenvalue weighted by Gasteiger charge is -2.23. The molecule has 13 heavy (non-hydrogen) atoms. The molecule has 0 aromatic rings. The molecule has 1 rings (SSSR count). The molecular formula is C10H21NOS. The fraction of sp³-hybridized carbons (Fsp3) is 1.00. The summed E-state index contributed by atoms with van der Waals surface area (Å²) in [6.45, 7) is 2.20. The van der Waals surface area contributed by atoms with Crippen LogP contribution in [0.4, 0.5) is 0 Å². The van der Waals surface area contributed by atoms with Crippen LogP contribution in [0.15, 0.2) is 0 Å². The molecule has 0 heterocycles. The highest BCUT2D eigenvalue weighted by molar-refractivity contribution is 7.98. The van der Waals surface area contributed by atoms with Crippen molar-refractivity contribution in [1.82, 2.24) is 5.32 Å². The molecular weight excluding hydrogens is 182 g/mol. The highest BCUT2D eigenvalue weighted by Crippen LogP contribution is 2.20. The Morgan fingerprint density at radius 3 is 2.77 bits per heavy atom. The van der Waals surface area contributed by atoms with Gasteiger partial charge in [0.05, 0.1) is 6.10 Å². The maximum atomic E-state index is 9.63. The van der Waals surface area contributed by atoms with E-state index in [1.165, 1.54) is 6.42 Å². The van der Waals surface area contributed by atoms with E-state index in [9.17, 15) is 5.11 Å². The molecule has 2 nitrogen and oxygen atoms in total. The Balaban J connectivity index is 2.27. The average Bonchev–Trinajstić information content (AvgIpc) is 2.51. The minimum absolute atomic E-state index is 0.101. The molecule has 0 spiro atoms. The van der Waals surface area contributed by atoms with Crippen LogP contribution in [0.3, 0.4) is 0 Å². The van der Waals surface area contributed by atoms with Gasteiger partial charge in [0.25, 0.3) is 0 Å². The fourth-order valence-electron chi connectivity index (χ4n) is 1.92. The van der Waals surface area contributed by atoms with Crippen molar-refractivity contribution < 1.29 is 5.11 Å². The molecule has 0 bridgehead atoms. The summed E-state index contributed by atoms with van der Waals surface area (Å²) in [6.07, 6.45) is 6.49. The van der Waals surface area contributed by atoms with Crippen LogP contribution in [0.5, 0.6) is 0 Å². The molecule has 0 amide bonds. The second-order valence-electron chi connectivity index (χ2n) is 3.83. The first-order chi connectivity index (χ1) is 6.27. The Morgan fingerprint density at radius 1 is 1.54 bits per heavy atom. The van der Waals surface area contributed by atoms with Gasteiger partial charge in [-0.15, -0.1) is 0 Å². The Morgan fingerprint density at radius 2 is 2.31 bits per heavy atom. The van der Waals surface area contributed by atoms with Gasteiger partial charge in [0.15, 0.2) is 0 Å². The third kappa shape index (κ3) is 3.49. The monoisotopic (exact) mass is 203 g/mol. The van der Waals surface area contributed by atoms with Crippen LogP contribution in [-0.4, -0.2) is 35.3 Å². The largest absolute Gasteiger partial charge is 0.392 e. The first-order valence-electron chi connectivity index (χ1n) is 5.21. The van der Waals surface area contributed by atoms with Gasteiger partial charge in [0.2, 0.25) is 0 Å². The third-order valence-electron chi connectivity index (χ3n) is 2.79. The van der Waals surface area contributed by atoms with Crippen LogP contribution in [0.25, 0.3) is 0 Å². The minimum Gasteiger partial charge on any atom is -0.392 e. The first-order valence-corrected chi connectivity index (χ1v) is 6.60. The van der Waals surface area contributed by atoms with Crippen molar-refractivity contribution in [3.05, 3.63) is 0 Å². The lowest BCUT2D eigenvalue weighted by Crippen LogP contribution is -2.43. The standard InChI is InChI=1S/C10H21NOS/c1-3-8(7-13-2)11-9-5-4-6-10(9)12/h8-12H,3-7H2,1-2H3/t8?,9-,10-/m1/s1. The molecule has 78 valence electrons. The summed E-state index contributed by atoms with van der Waals surface area (Å²) in [4.78, 5) is 0. The molecule has 1 unspecified atom stereocenters. The number of aliphatic hydroxyl groups excluding tert-OH is 1. The second kappa shape index (κ2) is 5.89. The van der Waals surface area contributed by atoms with E-state index in [0.29, 0.717) is 12.1 Å². The van der Waals surface area contributed by atoms with Crippen molar-refractivity contribution >= 4 is 11.8 Å². The fourth-order valence-corrected chi connectivity index (χ4v) is 2.66. The molecule has 0 aromatic carbocycles. The number of hydrogen-bond acceptors (Lipinski definition) is 3. The van der Waals surface area contributed by atoms with E-state index >= 15 is 0 Å². The second-order valence-corrected chi connectivity index (χ2v) is 4.74. The average molecular weight is 203 g/mol. The van der Waals surface area contributed by atoms with E-state index in [-0.39, 0.29) is 6.10 Å². The van der Waals surface area contributed by atoms with Gasteiger partial charge in [-0.3, -0.25) is 0 Å². The Hall–Kier alpha value is 0.270. The molecule has 0 aromatic heterocycles. The van der Waals surface area contributed by atoms with Crippen LogP contribution in [0.1, 0.15) is 32.6 Å². The predicted molar refractivity (Wildman–Crippen MR) is 59.2 cm³/mol. The summed E-state index contributed by atoms with van der Waals surface area (Å²) in [5, 5.41) is 13.2. The van der Waals surface area contributed by atoms with Crippen LogP contribution in [0.2, 0.25) is 0 Å². The van der Waals surface area contributed by atoms with Crippen molar-refractivity contribution in [2.24, 2.45) is 0 Å². The minimum atomic E-state index is -0.101. The van der Waals surface area contributed by atoms with E-state index in [1.54, 1.807) is 0 Å². The normalized spacial score (nSPS) is 30.7. The third-order valence-corrected chi connectivity index (χ3v) is 3.53. The van der Waals surface area contributed by atoms with Crippen LogP contribution < -0.4 is 5.32 Å². The topological polar surface area (TPSA) is 32.3 Å². The number of rotatable bonds is 5. The summed E-state index contributed by atoms with van der Waals surface area (Å²) >= 11 is 1.87. The van der Waals surface area contributed by atoms with Gasteiger partial charge in [0, 0.05) is 17.8 Å². The van der Waals surface area contributed by atoms with Crippen molar-refractivity contribution in [1.29, 1.82) is 0 Å². The summed E-state index contributed by atoms with van der Waals surface area (Å²) < 4.78 is 0. The first kappa shape index (κ1) is 11.3. The van der Waals surface area contributed by atoms with E-state index in [1.807, 2.05) is 11.8 Å². The molecule has 2 N–H and O–H groups in total. The summed E-state index contributed by atoms with van der Waals surface area (Å²) in [6, 6.07) is 0.935. The van der Waals surface area contributed by atoms with Gasteiger partial charge < -0.3 is 10.4 Å². The number of aliphatic hydroxyl groups is 1. The van der Waals surface area contributed by atoms with Gasteiger partial charge in [-0.1, -0.05) is 6.92 Å². The summed E-state index contributed by atoms with van der Waals surface area (Å²) in [5.41, 5.74) is 0. The Bertz CT molecular complexity index is 143. The molecule has 3 atom stereocenters. The number of thioether (sulfide) groups is 1.